The van der Waals surface area contributed by atoms with Crippen molar-refractivity contribution in [1.82, 2.24) is 14.8 Å². The van der Waals surface area contributed by atoms with Gasteiger partial charge >= 0.3 is 0 Å². The molecule has 0 bridgehead atoms. The maximum Gasteiger partial charge on any atom is 0.270 e. The molecular formula is C10H10BrN5O2. The van der Waals surface area contributed by atoms with Crippen LogP contribution in [0.25, 0.3) is 0 Å². The lowest BCUT2D eigenvalue weighted by Gasteiger charge is -2.07. The van der Waals surface area contributed by atoms with E-state index >= 15 is 0 Å². The number of halogens is 1. The van der Waals surface area contributed by atoms with E-state index in [0.717, 1.165) is 11.5 Å². The average molecular weight is 312 g/mol. The molecule has 1 heterocycles. The third kappa shape index (κ3) is 2.65. The first-order valence-corrected chi connectivity index (χ1v) is 5.88. The van der Waals surface area contributed by atoms with Crippen LogP contribution in [-0.4, -0.2) is 19.7 Å². The zero-order valence-electron chi connectivity index (χ0n) is 9.50. The zero-order chi connectivity index (χ0) is 13.1. The highest BCUT2D eigenvalue weighted by Crippen LogP contribution is 2.27. The molecule has 1 aromatic carbocycles. The van der Waals surface area contributed by atoms with Crippen LogP contribution < -0.4 is 5.32 Å². The zero-order valence-corrected chi connectivity index (χ0v) is 11.1. The molecular weight excluding hydrogens is 302 g/mol. The Balaban J connectivity index is 2.11. The molecule has 94 valence electrons. The van der Waals surface area contributed by atoms with Gasteiger partial charge in [0.1, 0.15) is 12.2 Å². The largest absolute Gasteiger partial charge is 0.377 e. The smallest absolute Gasteiger partial charge is 0.270 e. The molecule has 0 fully saturated rings. The van der Waals surface area contributed by atoms with Crippen LogP contribution in [0, 0.1) is 10.1 Å². The van der Waals surface area contributed by atoms with Crippen molar-refractivity contribution in [3.05, 3.63) is 44.9 Å². The number of aromatic nitrogens is 3. The summed E-state index contributed by atoms with van der Waals surface area (Å²) in [5.74, 6) is 0.778. The minimum Gasteiger partial charge on any atom is -0.377 e. The minimum atomic E-state index is -0.433. The highest BCUT2D eigenvalue weighted by molar-refractivity contribution is 9.10. The molecule has 8 heteroatoms. The van der Waals surface area contributed by atoms with Crippen LogP contribution in [0.5, 0.6) is 0 Å². The van der Waals surface area contributed by atoms with Gasteiger partial charge in [-0.3, -0.25) is 14.8 Å². The summed E-state index contributed by atoms with van der Waals surface area (Å²) in [5.41, 5.74) is 0.815. The number of aryl methyl sites for hydroxylation is 1. The van der Waals surface area contributed by atoms with Crippen molar-refractivity contribution < 1.29 is 4.92 Å². The van der Waals surface area contributed by atoms with E-state index in [2.05, 4.69) is 31.3 Å². The summed E-state index contributed by atoms with van der Waals surface area (Å²) in [6, 6.07) is 4.56. The summed E-state index contributed by atoms with van der Waals surface area (Å²) in [4.78, 5) is 14.2. The Morgan fingerprint density at radius 2 is 2.33 bits per heavy atom. The van der Waals surface area contributed by atoms with Crippen LogP contribution in [-0.2, 0) is 13.6 Å². The molecule has 1 N–H and O–H groups in total. The molecule has 0 amide bonds. The predicted octanol–water partition coefficient (Wildman–Crippen LogP) is 2.10. The van der Waals surface area contributed by atoms with Gasteiger partial charge in [-0.25, -0.2) is 4.98 Å². The van der Waals surface area contributed by atoms with Gasteiger partial charge in [-0.15, -0.1) is 0 Å². The molecule has 0 atom stereocenters. The van der Waals surface area contributed by atoms with Gasteiger partial charge in [-0.1, -0.05) is 0 Å². The fourth-order valence-corrected chi connectivity index (χ4v) is 1.92. The van der Waals surface area contributed by atoms with Crippen molar-refractivity contribution in [2.24, 2.45) is 7.05 Å². The van der Waals surface area contributed by atoms with Crippen molar-refractivity contribution in [2.75, 3.05) is 5.32 Å². The monoisotopic (exact) mass is 311 g/mol. The number of rotatable bonds is 4. The summed E-state index contributed by atoms with van der Waals surface area (Å²) in [6.45, 7) is 0.493. The molecule has 18 heavy (non-hydrogen) atoms. The van der Waals surface area contributed by atoms with Crippen LogP contribution in [0.1, 0.15) is 5.82 Å². The molecule has 0 aliphatic carbocycles. The van der Waals surface area contributed by atoms with Gasteiger partial charge < -0.3 is 5.32 Å². The van der Waals surface area contributed by atoms with E-state index in [9.17, 15) is 10.1 Å². The first-order valence-electron chi connectivity index (χ1n) is 5.08. The number of nitrogens with one attached hydrogen (secondary N) is 1. The standard InChI is InChI=1S/C10H10BrN5O2/c1-15-10(13-6-14-15)5-12-9-3-2-7(16(17)18)4-8(9)11/h2-4,6,12H,5H2,1H3. The van der Waals surface area contributed by atoms with Crippen LogP contribution in [0.2, 0.25) is 0 Å². The van der Waals surface area contributed by atoms with E-state index in [1.165, 1.54) is 18.5 Å². The van der Waals surface area contributed by atoms with E-state index < -0.39 is 4.92 Å². The van der Waals surface area contributed by atoms with Gasteiger partial charge in [0.15, 0.2) is 0 Å². The summed E-state index contributed by atoms with van der Waals surface area (Å²) < 4.78 is 2.30. The van der Waals surface area contributed by atoms with E-state index in [4.69, 9.17) is 0 Å². The van der Waals surface area contributed by atoms with Crippen molar-refractivity contribution in [3.8, 4) is 0 Å². The number of hydrogen-bond acceptors (Lipinski definition) is 5. The van der Waals surface area contributed by atoms with Gasteiger partial charge in [0.2, 0.25) is 0 Å². The van der Waals surface area contributed by atoms with Gasteiger partial charge in [-0.05, 0) is 22.0 Å². The molecule has 0 saturated heterocycles. The Morgan fingerprint density at radius 1 is 1.56 bits per heavy atom. The quantitative estimate of drug-likeness (QED) is 0.690. The molecule has 0 saturated carbocycles. The first-order chi connectivity index (χ1) is 8.58. The molecule has 1 aromatic heterocycles. The van der Waals surface area contributed by atoms with E-state index in [1.54, 1.807) is 17.8 Å². The van der Waals surface area contributed by atoms with Crippen molar-refractivity contribution in [2.45, 2.75) is 6.54 Å². The summed E-state index contributed by atoms with van der Waals surface area (Å²) in [7, 11) is 1.80. The van der Waals surface area contributed by atoms with Gasteiger partial charge in [0, 0.05) is 29.3 Å². The molecule has 0 unspecified atom stereocenters. The van der Waals surface area contributed by atoms with Crippen LogP contribution in [0.3, 0.4) is 0 Å². The van der Waals surface area contributed by atoms with Gasteiger partial charge in [-0.2, -0.15) is 5.10 Å². The lowest BCUT2D eigenvalue weighted by molar-refractivity contribution is -0.384. The van der Waals surface area contributed by atoms with Gasteiger partial charge in [0.05, 0.1) is 11.5 Å². The number of benzene rings is 1. The molecule has 7 nitrogen and oxygen atoms in total. The Bertz CT molecular complexity index is 583. The Hall–Kier alpha value is -1.96. The molecule has 0 aliphatic rings. The maximum absolute atomic E-state index is 10.6. The predicted molar refractivity (Wildman–Crippen MR) is 69.1 cm³/mol. The molecule has 2 aromatic rings. The molecule has 0 radical (unpaired) electrons. The van der Waals surface area contributed by atoms with E-state index in [0.29, 0.717) is 11.0 Å². The fraction of sp³-hybridized carbons (Fsp3) is 0.200. The van der Waals surface area contributed by atoms with E-state index in [1.807, 2.05) is 0 Å². The normalized spacial score (nSPS) is 10.3. The Morgan fingerprint density at radius 3 is 2.89 bits per heavy atom. The van der Waals surface area contributed by atoms with Crippen molar-refractivity contribution in [1.29, 1.82) is 0 Å². The highest BCUT2D eigenvalue weighted by Gasteiger charge is 2.09. The van der Waals surface area contributed by atoms with Crippen molar-refractivity contribution in [3.63, 3.8) is 0 Å². The second-order valence-electron chi connectivity index (χ2n) is 3.57. The average Bonchev–Trinajstić information content (AvgIpc) is 2.73. The number of non-ortho nitro benzene ring substituents is 1. The molecule has 0 spiro atoms. The topological polar surface area (TPSA) is 85.9 Å². The van der Waals surface area contributed by atoms with E-state index in [-0.39, 0.29) is 5.69 Å². The number of nitro groups is 1. The number of anilines is 1. The number of hydrogen-bond donors (Lipinski definition) is 1. The van der Waals surface area contributed by atoms with Crippen LogP contribution >= 0.6 is 15.9 Å². The Labute approximate surface area is 111 Å². The third-order valence-corrected chi connectivity index (χ3v) is 3.06. The minimum absolute atomic E-state index is 0.0473. The fourth-order valence-electron chi connectivity index (χ4n) is 1.42. The third-order valence-electron chi connectivity index (χ3n) is 2.41. The second-order valence-corrected chi connectivity index (χ2v) is 4.43. The Kier molecular flexibility index (Phi) is 3.56. The first kappa shape index (κ1) is 12.5. The summed E-state index contributed by atoms with van der Waals surface area (Å²) in [6.07, 6.45) is 1.47. The SMILES string of the molecule is Cn1ncnc1CNc1ccc([N+](=O)[O-])cc1Br. The maximum atomic E-state index is 10.6. The van der Waals surface area contributed by atoms with Gasteiger partial charge in [0.25, 0.3) is 5.69 Å². The number of nitrogens with zero attached hydrogens (tertiary/aromatic N) is 4. The van der Waals surface area contributed by atoms with Crippen LogP contribution in [0.15, 0.2) is 29.0 Å². The summed E-state index contributed by atoms with van der Waals surface area (Å²) in [5, 5.41) is 17.7. The summed E-state index contributed by atoms with van der Waals surface area (Å²) >= 11 is 3.29. The number of nitro benzene ring substituents is 1. The molecule has 2 rings (SSSR count). The van der Waals surface area contributed by atoms with Crippen LogP contribution in [0.4, 0.5) is 11.4 Å². The van der Waals surface area contributed by atoms with Crippen molar-refractivity contribution >= 4 is 27.3 Å². The second kappa shape index (κ2) is 5.13. The lowest BCUT2D eigenvalue weighted by atomic mass is 10.3. The molecule has 0 aliphatic heterocycles. The lowest BCUT2D eigenvalue weighted by Crippen LogP contribution is -2.07. The highest BCUT2D eigenvalue weighted by atomic mass is 79.9.